The number of rotatable bonds is 6. The van der Waals surface area contributed by atoms with Crippen LogP contribution in [0.15, 0.2) is 29.4 Å². The minimum Gasteiger partial charge on any atom is -0.305 e. The zero-order valence-electron chi connectivity index (χ0n) is 11.2. The van der Waals surface area contributed by atoms with Gasteiger partial charge in [-0.05, 0) is 37.1 Å². The lowest BCUT2D eigenvalue weighted by atomic mass is 10.2. The first-order valence-electron chi connectivity index (χ1n) is 6.37. The molecule has 0 aliphatic heterocycles. The first-order valence-corrected chi connectivity index (χ1v) is 7.36. The summed E-state index contributed by atoms with van der Waals surface area (Å²) in [6.07, 6.45) is 2.49. The van der Waals surface area contributed by atoms with E-state index in [0.29, 0.717) is 6.42 Å². The van der Waals surface area contributed by atoms with Crippen molar-refractivity contribution in [2.24, 2.45) is 7.05 Å². The molecule has 0 aliphatic rings. The summed E-state index contributed by atoms with van der Waals surface area (Å²) in [5, 5.41) is 17.6. The maximum Gasteiger partial charge on any atom is 0.191 e. The van der Waals surface area contributed by atoms with Crippen molar-refractivity contribution in [1.82, 2.24) is 14.8 Å². The topological polar surface area (TPSA) is 54.5 Å². The second-order valence-corrected chi connectivity index (χ2v) is 5.40. The Morgan fingerprint density at radius 1 is 1.25 bits per heavy atom. The summed E-state index contributed by atoms with van der Waals surface area (Å²) in [5.41, 5.74) is 0.845. The Bertz CT molecular complexity index is 601. The van der Waals surface area contributed by atoms with Crippen LogP contribution in [0.3, 0.4) is 0 Å². The van der Waals surface area contributed by atoms with E-state index in [0.717, 1.165) is 35.1 Å². The number of benzene rings is 1. The van der Waals surface area contributed by atoms with Crippen molar-refractivity contribution in [3.05, 3.63) is 30.1 Å². The molecule has 20 heavy (non-hydrogen) atoms. The normalized spacial score (nSPS) is 10.4. The predicted molar refractivity (Wildman–Crippen MR) is 76.6 cm³/mol. The maximum atomic E-state index is 12.9. The van der Waals surface area contributed by atoms with Gasteiger partial charge in [0.15, 0.2) is 11.0 Å². The van der Waals surface area contributed by atoms with E-state index >= 15 is 0 Å². The van der Waals surface area contributed by atoms with E-state index in [2.05, 4.69) is 16.3 Å². The lowest BCUT2D eigenvalue weighted by molar-refractivity contribution is 0.628. The number of thioether (sulfide) groups is 1. The van der Waals surface area contributed by atoms with Crippen LogP contribution in [0.5, 0.6) is 0 Å². The predicted octanol–water partition coefficient (Wildman–Crippen LogP) is 3.41. The highest BCUT2D eigenvalue weighted by molar-refractivity contribution is 7.99. The Morgan fingerprint density at radius 3 is 2.70 bits per heavy atom. The smallest absolute Gasteiger partial charge is 0.191 e. The molecule has 0 unspecified atom stereocenters. The van der Waals surface area contributed by atoms with Crippen molar-refractivity contribution in [2.75, 3.05) is 5.75 Å². The molecule has 0 amide bonds. The van der Waals surface area contributed by atoms with Crippen LogP contribution in [-0.4, -0.2) is 20.5 Å². The highest BCUT2D eigenvalue weighted by Gasteiger charge is 2.10. The molecule has 2 aromatic rings. The van der Waals surface area contributed by atoms with Gasteiger partial charge in [-0.2, -0.15) is 5.26 Å². The van der Waals surface area contributed by atoms with Crippen LogP contribution in [0.4, 0.5) is 4.39 Å². The first kappa shape index (κ1) is 14.5. The summed E-state index contributed by atoms with van der Waals surface area (Å²) in [4.78, 5) is 0. The molecule has 6 heteroatoms. The van der Waals surface area contributed by atoms with Gasteiger partial charge >= 0.3 is 0 Å². The van der Waals surface area contributed by atoms with Gasteiger partial charge in [-0.1, -0.05) is 11.8 Å². The summed E-state index contributed by atoms with van der Waals surface area (Å²) >= 11 is 1.62. The van der Waals surface area contributed by atoms with Crippen LogP contribution in [-0.2, 0) is 7.05 Å². The third-order valence-electron chi connectivity index (χ3n) is 2.85. The van der Waals surface area contributed by atoms with Crippen LogP contribution in [0.25, 0.3) is 11.4 Å². The highest BCUT2D eigenvalue weighted by Crippen LogP contribution is 2.23. The fourth-order valence-electron chi connectivity index (χ4n) is 1.76. The van der Waals surface area contributed by atoms with Gasteiger partial charge in [-0.15, -0.1) is 10.2 Å². The van der Waals surface area contributed by atoms with Crippen molar-refractivity contribution in [3.63, 3.8) is 0 Å². The van der Waals surface area contributed by atoms with Crippen molar-refractivity contribution in [3.8, 4) is 17.5 Å². The molecule has 1 heterocycles. The number of aromatic nitrogens is 3. The lowest BCUT2D eigenvalue weighted by Gasteiger charge is -2.03. The van der Waals surface area contributed by atoms with E-state index in [1.165, 1.54) is 12.1 Å². The molecule has 0 saturated carbocycles. The summed E-state index contributed by atoms with van der Waals surface area (Å²) in [7, 11) is 1.90. The average Bonchev–Trinajstić information content (AvgIpc) is 2.81. The number of unbranched alkanes of at least 4 members (excludes halogenated alkanes) is 2. The van der Waals surface area contributed by atoms with Gasteiger partial charge in [0.25, 0.3) is 0 Å². The molecule has 2 rings (SSSR count). The van der Waals surface area contributed by atoms with Gasteiger partial charge in [0.1, 0.15) is 5.82 Å². The zero-order chi connectivity index (χ0) is 14.4. The van der Waals surface area contributed by atoms with Crippen LogP contribution < -0.4 is 0 Å². The quantitative estimate of drug-likeness (QED) is 0.604. The Labute approximate surface area is 121 Å². The summed E-state index contributed by atoms with van der Waals surface area (Å²) < 4.78 is 14.8. The number of hydrogen-bond donors (Lipinski definition) is 0. The molecular formula is C14H15FN4S. The first-order chi connectivity index (χ1) is 9.72. The average molecular weight is 290 g/mol. The third kappa shape index (κ3) is 3.58. The molecule has 0 radical (unpaired) electrons. The van der Waals surface area contributed by atoms with E-state index in [9.17, 15) is 4.39 Å². The van der Waals surface area contributed by atoms with Gasteiger partial charge in [0, 0.05) is 24.8 Å². The van der Waals surface area contributed by atoms with E-state index in [-0.39, 0.29) is 5.82 Å². The van der Waals surface area contributed by atoms with Gasteiger partial charge in [-0.3, -0.25) is 0 Å². The molecule has 0 bridgehead atoms. The summed E-state index contributed by atoms with van der Waals surface area (Å²) in [6, 6.07) is 8.36. The zero-order valence-corrected chi connectivity index (χ0v) is 12.0. The second-order valence-electron chi connectivity index (χ2n) is 4.34. The van der Waals surface area contributed by atoms with E-state index < -0.39 is 0 Å². The fourth-order valence-corrected chi connectivity index (χ4v) is 2.67. The standard InChI is InChI=1S/C14H15FN4S/c1-19-13(11-5-7-12(15)8-6-11)17-18-14(19)20-10-4-2-3-9-16/h5-8H,2-4,10H2,1H3. The maximum absolute atomic E-state index is 12.9. The molecular weight excluding hydrogens is 275 g/mol. The highest BCUT2D eigenvalue weighted by atomic mass is 32.2. The van der Waals surface area contributed by atoms with E-state index in [1.807, 2.05) is 11.6 Å². The summed E-state index contributed by atoms with van der Waals surface area (Å²) in [5.74, 6) is 1.38. The number of nitrogens with zero attached hydrogens (tertiary/aromatic N) is 4. The Balaban J connectivity index is 2.00. The molecule has 1 aromatic carbocycles. The Morgan fingerprint density at radius 2 is 2.00 bits per heavy atom. The van der Waals surface area contributed by atoms with Crippen molar-refractivity contribution < 1.29 is 4.39 Å². The largest absolute Gasteiger partial charge is 0.305 e. The lowest BCUT2D eigenvalue weighted by Crippen LogP contribution is -1.95. The molecule has 1 aromatic heterocycles. The second kappa shape index (κ2) is 7.06. The molecule has 4 nitrogen and oxygen atoms in total. The number of halogens is 1. The molecule has 0 aliphatic carbocycles. The molecule has 0 spiro atoms. The van der Waals surface area contributed by atoms with Crippen molar-refractivity contribution in [2.45, 2.75) is 24.4 Å². The molecule has 0 fully saturated rings. The minimum absolute atomic E-state index is 0.261. The third-order valence-corrected chi connectivity index (χ3v) is 3.96. The van der Waals surface area contributed by atoms with Crippen LogP contribution in [0.2, 0.25) is 0 Å². The van der Waals surface area contributed by atoms with Crippen molar-refractivity contribution in [1.29, 1.82) is 5.26 Å². The van der Waals surface area contributed by atoms with Gasteiger partial charge in [0.2, 0.25) is 0 Å². The van der Waals surface area contributed by atoms with Gasteiger partial charge in [-0.25, -0.2) is 4.39 Å². The SMILES string of the molecule is Cn1c(SCCCCC#N)nnc1-c1ccc(F)cc1. The Hall–Kier alpha value is -1.87. The summed E-state index contributed by atoms with van der Waals surface area (Å²) in [6.45, 7) is 0. The molecule has 0 saturated heterocycles. The minimum atomic E-state index is -0.261. The van der Waals surface area contributed by atoms with Gasteiger partial charge in [0.05, 0.1) is 6.07 Å². The molecule has 0 atom stereocenters. The fraction of sp³-hybridized carbons (Fsp3) is 0.357. The number of nitriles is 1. The van der Waals surface area contributed by atoms with Crippen LogP contribution in [0, 0.1) is 17.1 Å². The Kier molecular flexibility index (Phi) is 5.13. The molecule has 104 valence electrons. The van der Waals surface area contributed by atoms with E-state index in [1.54, 1.807) is 23.9 Å². The van der Waals surface area contributed by atoms with Gasteiger partial charge < -0.3 is 4.57 Å². The number of hydrogen-bond acceptors (Lipinski definition) is 4. The monoisotopic (exact) mass is 290 g/mol. The van der Waals surface area contributed by atoms with E-state index in [4.69, 9.17) is 5.26 Å². The molecule has 0 N–H and O–H groups in total. The van der Waals surface area contributed by atoms with Crippen LogP contribution >= 0.6 is 11.8 Å². The van der Waals surface area contributed by atoms with Crippen molar-refractivity contribution >= 4 is 11.8 Å². The van der Waals surface area contributed by atoms with Crippen LogP contribution in [0.1, 0.15) is 19.3 Å².